The van der Waals surface area contributed by atoms with E-state index >= 15 is 0 Å². The van der Waals surface area contributed by atoms with Crippen LogP contribution in [0.4, 0.5) is 0 Å². The minimum atomic E-state index is -0.264. The number of piperidine rings is 1. The summed E-state index contributed by atoms with van der Waals surface area (Å²) in [5.74, 6) is 0.226. The summed E-state index contributed by atoms with van der Waals surface area (Å²) in [6.07, 6.45) is 2.01. The molecule has 4 rings (SSSR count). The maximum atomic E-state index is 13.2. The molecule has 0 saturated carbocycles. The molecule has 0 radical (unpaired) electrons. The number of benzene rings is 2. The fourth-order valence-corrected chi connectivity index (χ4v) is 4.64. The normalized spacial score (nSPS) is 16.3. The largest absolute Gasteiger partial charge is 0.466 e. The number of esters is 1. The number of likely N-dealkylation sites (tertiary alicyclic amines) is 1. The van der Waals surface area contributed by atoms with Gasteiger partial charge in [0.05, 0.1) is 23.6 Å². The van der Waals surface area contributed by atoms with Crippen molar-refractivity contribution in [1.29, 1.82) is 0 Å². The first-order valence-electron chi connectivity index (χ1n) is 10.8. The number of fused-ring (bicyclic) bond motifs is 1. The van der Waals surface area contributed by atoms with E-state index in [4.69, 9.17) is 32.9 Å². The van der Waals surface area contributed by atoms with Gasteiger partial charge in [0.1, 0.15) is 12.4 Å². The highest BCUT2D eigenvalue weighted by molar-refractivity contribution is 6.35. The molecule has 1 aromatic heterocycles. The van der Waals surface area contributed by atoms with Crippen molar-refractivity contribution in [3.05, 3.63) is 63.9 Å². The van der Waals surface area contributed by atoms with E-state index in [0.717, 1.165) is 35.3 Å². The molecular formula is C24H25Cl2N3O3. The number of hydrogen-bond donors (Lipinski definition) is 0. The predicted octanol–water partition coefficient (Wildman–Crippen LogP) is 4.74. The number of ether oxygens (including phenoxy) is 1. The molecule has 1 aliphatic heterocycles. The van der Waals surface area contributed by atoms with Crippen LogP contribution >= 0.6 is 23.2 Å². The van der Waals surface area contributed by atoms with Crippen LogP contribution in [0.15, 0.2) is 42.5 Å². The topological polar surface area (TPSA) is 64.4 Å². The average molecular weight is 474 g/mol. The maximum Gasteiger partial charge on any atom is 0.310 e. The molecule has 0 unspecified atom stereocenters. The molecule has 0 N–H and O–H groups in total. The van der Waals surface area contributed by atoms with E-state index in [-0.39, 0.29) is 24.3 Å². The summed E-state index contributed by atoms with van der Waals surface area (Å²) in [6, 6.07) is 13.1. The molecule has 2 aromatic carbocycles. The molecule has 32 heavy (non-hydrogen) atoms. The van der Waals surface area contributed by atoms with Crippen LogP contribution in [0.25, 0.3) is 11.0 Å². The van der Waals surface area contributed by atoms with Crippen molar-refractivity contribution in [1.82, 2.24) is 14.5 Å². The number of hydrogen-bond acceptors (Lipinski definition) is 4. The Balaban J connectivity index is 1.58. The molecule has 1 amide bonds. The summed E-state index contributed by atoms with van der Waals surface area (Å²) in [6.45, 7) is 3.32. The van der Waals surface area contributed by atoms with Gasteiger partial charge in [0.2, 0.25) is 5.91 Å². The summed E-state index contributed by atoms with van der Waals surface area (Å²) < 4.78 is 7.11. The number of rotatable bonds is 6. The highest BCUT2D eigenvalue weighted by Gasteiger charge is 2.30. The zero-order chi connectivity index (χ0) is 22.7. The first kappa shape index (κ1) is 22.6. The smallest absolute Gasteiger partial charge is 0.310 e. The second-order valence-electron chi connectivity index (χ2n) is 7.95. The van der Waals surface area contributed by atoms with Crippen molar-refractivity contribution in [3.8, 4) is 0 Å². The van der Waals surface area contributed by atoms with Crippen LogP contribution in [0.3, 0.4) is 0 Å². The summed E-state index contributed by atoms with van der Waals surface area (Å²) in [5, 5.41) is 1.14. The van der Waals surface area contributed by atoms with Gasteiger partial charge < -0.3 is 14.2 Å². The fourth-order valence-electron chi connectivity index (χ4n) is 4.16. The average Bonchev–Trinajstić information content (AvgIpc) is 3.13. The molecule has 6 nitrogen and oxygen atoms in total. The standard InChI is InChI=1S/C24H25Cl2N3O3/c1-2-32-24(31)17-6-5-11-28(14-17)23(30)15-29-21-8-4-3-7-20(21)27-22(29)12-16-9-10-18(25)13-19(16)26/h3-4,7-10,13,17H,2,5-6,11-12,14-15H2,1H3/t17-/m1/s1. The van der Waals surface area contributed by atoms with Crippen molar-refractivity contribution in [3.63, 3.8) is 0 Å². The molecule has 168 valence electrons. The monoisotopic (exact) mass is 473 g/mol. The Morgan fingerprint density at radius 3 is 2.78 bits per heavy atom. The van der Waals surface area contributed by atoms with Crippen LogP contribution in [0.2, 0.25) is 10.0 Å². The fraction of sp³-hybridized carbons (Fsp3) is 0.375. The lowest BCUT2D eigenvalue weighted by Crippen LogP contribution is -2.44. The molecule has 8 heteroatoms. The van der Waals surface area contributed by atoms with E-state index in [1.807, 2.05) is 34.9 Å². The molecule has 1 saturated heterocycles. The lowest BCUT2D eigenvalue weighted by molar-refractivity contribution is -0.151. The second kappa shape index (κ2) is 9.92. The van der Waals surface area contributed by atoms with E-state index in [9.17, 15) is 9.59 Å². The van der Waals surface area contributed by atoms with Gasteiger partial charge in [-0.15, -0.1) is 0 Å². The van der Waals surface area contributed by atoms with Crippen LogP contribution in [0, 0.1) is 5.92 Å². The molecular weight excluding hydrogens is 449 g/mol. The highest BCUT2D eigenvalue weighted by Crippen LogP contribution is 2.26. The molecule has 0 spiro atoms. The zero-order valence-corrected chi connectivity index (χ0v) is 19.4. The van der Waals surface area contributed by atoms with Gasteiger partial charge in [0.15, 0.2) is 0 Å². The number of aromatic nitrogens is 2. The first-order valence-corrected chi connectivity index (χ1v) is 11.5. The minimum Gasteiger partial charge on any atom is -0.466 e. The number of imidazole rings is 1. The Labute approximate surface area is 197 Å². The van der Waals surface area contributed by atoms with Gasteiger partial charge >= 0.3 is 5.97 Å². The van der Waals surface area contributed by atoms with E-state index in [1.54, 1.807) is 24.0 Å². The van der Waals surface area contributed by atoms with Crippen LogP contribution in [-0.4, -0.2) is 46.0 Å². The molecule has 0 bridgehead atoms. The lowest BCUT2D eigenvalue weighted by Gasteiger charge is -2.31. The molecule has 0 aliphatic carbocycles. The number of carbonyl (C=O) groups is 2. The van der Waals surface area contributed by atoms with Crippen molar-refractivity contribution in [2.45, 2.75) is 32.7 Å². The Kier molecular flexibility index (Phi) is 7.01. The second-order valence-corrected chi connectivity index (χ2v) is 8.79. The third-order valence-corrected chi connectivity index (χ3v) is 6.37. The van der Waals surface area contributed by atoms with Crippen molar-refractivity contribution in [2.75, 3.05) is 19.7 Å². The first-order chi connectivity index (χ1) is 15.5. The van der Waals surface area contributed by atoms with Gasteiger partial charge in [-0.1, -0.05) is 41.4 Å². The molecule has 1 fully saturated rings. The van der Waals surface area contributed by atoms with Gasteiger partial charge in [0.25, 0.3) is 0 Å². The van der Waals surface area contributed by atoms with Crippen LogP contribution in [0.1, 0.15) is 31.2 Å². The summed E-state index contributed by atoms with van der Waals surface area (Å²) in [5.41, 5.74) is 2.60. The van der Waals surface area contributed by atoms with Gasteiger partial charge in [-0.25, -0.2) is 4.98 Å². The minimum absolute atomic E-state index is 0.0365. The van der Waals surface area contributed by atoms with E-state index in [0.29, 0.717) is 36.2 Å². The van der Waals surface area contributed by atoms with Crippen molar-refractivity contribution < 1.29 is 14.3 Å². The van der Waals surface area contributed by atoms with Gasteiger partial charge in [-0.05, 0) is 49.6 Å². The quantitative estimate of drug-likeness (QED) is 0.485. The Bertz CT molecular complexity index is 1140. The van der Waals surface area contributed by atoms with Gasteiger partial charge in [0, 0.05) is 29.6 Å². The molecule has 1 atom stereocenters. The Morgan fingerprint density at radius 2 is 2.00 bits per heavy atom. The predicted molar refractivity (Wildman–Crippen MR) is 125 cm³/mol. The molecule has 3 aromatic rings. The lowest BCUT2D eigenvalue weighted by atomic mass is 9.98. The summed E-state index contributed by atoms with van der Waals surface area (Å²) >= 11 is 12.4. The number of para-hydroxylation sites is 2. The van der Waals surface area contributed by atoms with Crippen molar-refractivity contribution >= 4 is 46.1 Å². The van der Waals surface area contributed by atoms with Crippen molar-refractivity contribution in [2.24, 2.45) is 5.92 Å². The van der Waals surface area contributed by atoms with Crippen LogP contribution in [-0.2, 0) is 27.3 Å². The number of nitrogens with zero attached hydrogens (tertiary/aromatic N) is 3. The molecule has 1 aliphatic rings. The van der Waals surface area contributed by atoms with E-state index in [1.165, 1.54) is 0 Å². The zero-order valence-electron chi connectivity index (χ0n) is 17.9. The Hall–Kier alpha value is -2.57. The van der Waals surface area contributed by atoms with Crippen LogP contribution < -0.4 is 0 Å². The van der Waals surface area contributed by atoms with Gasteiger partial charge in [-0.2, -0.15) is 0 Å². The number of halogens is 2. The number of carbonyl (C=O) groups excluding carboxylic acids is 2. The maximum absolute atomic E-state index is 13.2. The van der Waals surface area contributed by atoms with Crippen LogP contribution in [0.5, 0.6) is 0 Å². The highest BCUT2D eigenvalue weighted by atomic mass is 35.5. The van der Waals surface area contributed by atoms with Gasteiger partial charge in [-0.3, -0.25) is 9.59 Å². The third-order valence-electron chi connectivity index (χ3n) is 5.78. The SMILES string of the molecule is CCOC(=O)[C@@H]1CCCN(C(=O)Cn2c(Cc3ccc(Cl)cc3Cl)nc3ccccc32)C1. The summed E-state index contributed by atoms with van der Waals surface area (Å²) in [7, 11) is 0. The van der Waals surface area contributed by atoms with E-state index < -0.39 is 0 Å². The number of amides is 1. The third kappa shape index (κ3) is 4.92. The molecule has 2 heterocycles. The Morgan fingerprint density at radius 1 is 1.19 bits per heavy atom. The van der Waals surface area contributed by atoms with E-state index in [2.05, 4.69) is 0 Å². The summed E-state index contributed by atoms with van der Waals surface area (Å²) in [4.78, 5) is 31.9.